The van der Waals surface area contributed by atoms with Crippen LogP contribution in [0.1, 0.15) is 37.0 Å². The number of carbonyl (C=O) groups excluding carboxylic acids is 1. The molecular weight excluding hydrogens is 501 g/mol. The van der Waals surface area contributed by atoms with Gasteiger partial charge < -0.3 is 15.2 Å². The Hall–Kier alpha value is -3.03. The average molecular weight is 532 g/mol. The van der Waals surface area contributed by atoms with Crippen molar-refractivity contribution in [2.75, 3.05) is 5.75 Å². The van der Waals surface area contributed by atoms with Crippen molar-refractivity contribution in [3.63, 3.8) is 0 Å². The molecule has 2 aromatic rings. The summed E-state index contributed by atoms with van der Waals surface area (Å²) in [5, 5.41) is 11.7. The molecule has 1 amide bonds. The summed E-state index contributed by atoms with van der Waals surface area (Å²) in [6, 6.07) is 9.61. The molecule has 0 aliphatic carbocycles. The van der Waals surface area contributed by atoms with Crippen molar-refractivity contribution in [3.8, 4) is 11.5 Å². The third-order valence-electron chi connectivity index (χ3n) is 5.50. The predicted molar refractivity (Wildman–Crippen MR) is 145 cm³/mol. The van der Waals surface area contributed by atoms with Crippen LogP contribution in [0.4, 0.5) is 4.39 Å². The lowest BCUT2D eigenvalue weighted by Crippen LogP contribution is -2.25. The summed E-state index contributed by atoms with van der Waals surface area (Å²) >= 11 is 7.09. The first kappa shape index (κ1) is 29.2. The van der Waals surface area contributed by atoms with E-state index in [0.29, 0.717) is 34.1 Å². The van der Waals surface area contributed by atoms with Crippen LogP contribution < -0.4 is 10.1 Å². The molecule has 192 valence electrons. The van der Waals surface area contributed by atoms with Crippen molar-refractivity contribution >= 4 is 35.2 Å². The fourth-order valence-corrected chi connectivity index (χ4v) is 4.51. The van der Waals surface area contributed by atoms with Gasteiger partial charge in [-0.15, -0.1) is 18.3 Å². The van der Waals surface area contributed by atoms with Crippen molar-refractivity contribution in [1.82, 2.24) is 5.32 Å². The Balaban J connectivity index is 2.15. The molecule has 0 aliphatic heterocycles. The second-order valence-electron chi connectivity index (χ2n) is 8.28. The van der Waals surface area contributed by atoms with Crippen molar-refractivity contribution in [1.29, 1.82) is 0 Å². The van der Waals surface area contributed by atoms with Crippen LogP contribution in [0.5, 0.6) is 11.5 Å². The molecule has 2 rings (SSSR count). The molecule has 0 radical (unpaired) electrons. The monoisotopic (exact) mass is 531 g/mol. The van der Waals surface area contributed by atoms with Gasteiger partial charge in [0.15, 0.2) is 0 Å². The number of rotatable bonds is 13. The van der Waals surface area contributed by atoms with Gasteiger partial charge in [-0.25, -0.2) is 4.39 Å². The van der Waals surface area contributed by atoms with Gasteiger partial charge in [-0.2, -0.15) is 0 Å². The van der Waals surface area contributed by atoms with E-state index in [1.807, 2.05) is 26.8 Å². The predicted octanol–water partition coefficient (Wildman–Crippen LogP) is 7.14. The smallest absolute Gasteiger partial charge is 0.303 e. The number of ether oxygens (including phenoxy) is 1. The Morgan fingerprint density at radius 2 is 2.00 bits per heavy atom. The van der Waals surface area contributed by atoms with E-state index in [1.54, 1.807) is 30.4 Å². The summed E-state index contributed by atoms with van der Waals surface area (Å²) in [7, 11) is 0. The minimum absolute atomic E-state index is 0.0197. The Kier molecular flexibility index (Phi) is 11.8. The van der Waals surface area contributed by atoms with Crippen LogP contribution >= 0.6 is 23.4 Å². The van der Waals surface area contributed by atoms with Crippen LogP contribution in [0.15, 0.2) is 71.1 Å². The molecule has 1 atom stereocenters. The summed E-state index contributed by atoms with van der Waals surface area (Å²) in [4.78, 5) is 24.4. The van der Waals surface area contributed by atoms with Gasteiger partial charge in [0.1, 0.15) is 17.3 Å². The first-order valence-electron chi connectivity index (χ1n) is 11.4. The maximum atomic E-state index is 14.3. The molecule has 0 saturated carbocycles. The molecule has 0 aromatic heterocycles. The molecule has 1 unspecified atom stereocenters. The minimum atomic E-state index is -0.854. The lowest BCUT2D eigenvalue weighted by molar-refractivity contribution is -0.137. The van der Waals surface area contributed by atoms with Gasteiger partial charge in [-0.1, -0.05) is 36.7 Å². The third-order valence-corrected chi connectivity index (χ3v) is 6.84. The van der Waals surface area contributed by atoms with E-state index in [-0.39, 0.29) is 24.8 Å². The highest BCUT2D eigenvalue weighted by molar-refractivity contribution is 8.04. The number of aliphatic carboxylic acids is 1. The summed E-state index contributed by atoms with van der Waals surface area (Å²) in [5.74, 6) is -0.236. The number of nitrogens with one attached hydrogen (secondary N) is 1. The number of amides is 1. The summed E-state index contributed by atoms with van der Waals surface area (Å²) in [5.41, 5.74) is 4.66. The topological polar surface area (TPSA) is 75.6 Å². The highest BCUT2D eigenvalue weighted by Crippen LogP contribution is 2.28. The van der Waals surface area contributed by atoms with Crippen molar-refractivity contribution in [2.24, 2.45) is 5.92 Å². The fourth-order valence-electron chi connectivity index (χ4n) is 3.40. The molecule has 0 fully saturated rings. The molecule has 2 aromatic carbocycles. The largest absolute Gasteiger partial charge is 0.481 e. The molecule has 0 spiro atoms. The van der Waals surface area contributed by atoms with Crippen LogP contribution in [0.25, 0.3) is 0 Å². The maximum Gasteiger partial charge on any atom is 0.303 e. The van der Waals surface area contributed by atoms with E-state index < -0.39 is 11.8 Å². The van der Waals surface area contributed by atoms with Gasteiger partial charge in [0.2, 0.25) is 0 Å². The summed E-state index contributed by atoms with van der Waals surface area (Å²) in [6.07, 6.45) is 4.00. The van der Waals surface area contributed by atoms with Gasteiger partial charge in [-0.3, -0.25) is 9.59 Å². The molecular formula is C28H31ClFNO4S. The van der Waals surface area contributed by atoms with Gasteiger partial charge >= 0.3 is 5.97 Å². The SMILES string of the molecule is C=CCS/C(C(=O)NCc1cc(F)cc(Oc2ccc(CCC(=O)O)c(C)c2)c1)=C(/C)C(C)/C=C/Cl. The molecule has 36 heavy (non-hydrogen) atoms. The first-order valence-corrected chi connectivity index (χ1v) is 12.8. The van der Waals surface area contributed by atoms with E-state index in [9.17, 15) is 14.0 Å². The van der Waals surface area contributed by atoms with Gasteiger partial charge in [0.05, 0.1) is 4.91 Å². The van der Waals surface area contributed by atoms with Gasteiger partial charge in [-0.05, 0) is 72.7 Å². The maximum absolute atomic E-state index is 14.3. The average Bonchev–Trinajstić information content (AvgIpc) is 2.82. The number of benzene rings is 2. The van der Waals surface area contributed by atoms with Crippen LogP contribution in [0, 0.1) is 18.7 Å². The number of hydrogen-bond acceptors (Lipinski definition) is 4. The van der Waals surface area contributed by atoms with Gasteiger partial charge in [0, 0.05) is 30.3 Å². The molecule has 5 nitrogen and oxygen atoms in total. The number of allylic oxidation sites excluding steroid dienone is 2. The number of hydrogen-bond donors (Lipinski definition) is 2. The van der Waals surface area contributed by atoms with Crippen LogP contribution in [0.3, 0.4) is 0 Å². The fraction of sp³-hybridized carbons (Fsp3) is 0.286. The quantitative estimate of drug-likeness (QED) is 0.212. The van der Waals surface area contributed by atoms with Crippen molar-refractivity contribution < 1.29 is 23.8 Å². The number of aryl methyl sites for hydroxylation is 2. The first-order chi connectivity index (χ1) is 17.1. The highest BCUT2D eigenvalue weighted by atomic mass is 35.5. The van der Waals surface area contributed by atoms with Crippen molar-refractivity contribution in [3.05, 3.63) is 93.7 Å². The molecule has 2 N–H and O–H groups in total. The second kappa shape index (κ2) is 14.5. The minimum Gasteiger partial charge on any atom is -0.481 e. The molecule has 0 aliphatic rings. The zero-order chi connectivity index (χ0) is 26.7. The standard InChI is InChI=1S/C28H31ClFNO4S/c1-5-12-36-27(20(4)18(2)10-11-29)28(34)31-17-21-14-23(30)16-25(15-21)35-24-8-6-22(19(3)13-24)7-9-26(32)33/h5-6,8,10-11,13-16,18H,1,7,9,12,17H2,2-4H3,(H,31,34)(H,32,33)/b11-10+,27-20-. The number of carbonyl (C=O) groups is 2. The lowest BCUT2D eigenvalue weighted by Gasteiger charge is -2.15. The van der Waals surface area contributed by atoms with E-state index in [0.717, 1.165) is 16.7 Å². The molecule has 0 heterocycles. The number of carboxylic acids is 1. The van der Waals surface area contributed by atoms with E-state index >= 15 is 0 Å². The van der Waals surface area contributed by atoms with E-state index in [4.69, 9.17) is 21.4 Å². The Morgan fingerprint density at radius 3 is 2.64 bits per heavy atom. The molecule has 8 heteroatoms. The van der Waals surface area contributed by atoms with Crippen LogP contribution in [-0.2, 0) is 22.6 Å². The van der Waals surface area contributed by atoms with E-state index in [2.05, 4.69) is 11.9 Å². The van der Waals surface area contributed by atoms with E-state index in [1.165, 1.54) is 29.4 Å². The summed E-state index contributed by atoms with van der Waals surface area (Å²) < 4.78 is 20.2. The second-order valence-corrected chi connectivity index (χ2v) is 9.56. The van der Waals surface area contributed by atoms with Crippen LogP contribution in [0.2, 0.25) is 0 Å². The highest BCUT2D eigenvalue weighted by Gasteiger charge is 2.16. The normalized spacial score (nSPS) is 12.7. The Labute approximate surface area is 221 Å². The number of thioether (sulfide) groups is 1. The summed E-state index contributed by atoms with van der Waals surface area (Å²) in [6.45, 7) is 9.54. The molecule has 0 bridgehead atoms. The Morgan fingerprint density at radius 1 is 1.25 bits per heavy atom. The number of carboxylic acid groups (broad SMARTS) is 1. The zero-order valence-electron chi connectivity index (χ0n) is 20.6. The molecule has 0 saturated heterocycles. The van der Waals surface area contributed by atoms with Gasteiger partial charge in [0.25, 0.3) is 5.91 Å². The lowest BCUT2D eigenvalue weighted by atomic mass is 10.0. The van der Waals surface area contributed by atoms with Crippen molar-refractivity contribution in [2.45, 2.75) is 40.2 Å². The zero-order valence-corrected chi connectivity index (χ0v) is 22.2. The van der Waals surface area contributed by atoms with Crippen LogP contribution in [-0.4, -0.2) is 22.7 Å². The third kappa shape index (κ3) is 9.21. The Bertz CT molecular complexity index is 1160. The number of halogens is 2.